The Morgan fingerprint density at radius 2 is 0.983 bits per heavy atom. The molecule has 1 heterocycles. The third-order valence-corrected chi connectivity index (χ3v) is 12.1. The average Bonchev–Trinajstić information content (AvgIpc) is 3.23. The summed E-state index contributed by atoms with van der Waals surface area (Å²) in [5, 5.41) is 75.7. The Labute approximate surface area is 360 Å². The fourth-order valence-electron chi connectivity index (χ4n) is 7.96. The van der Waals surface area contributed by atoms with E-state index in [4.69, 9.17) is 9.47 Å². The lowest BCUT2D eigenvalue weighted by molar-refractivity contribution is -0.303. The highest BCUT2D eigenvalue weighted by atomic mass is 16.7. The Kier molecular flexibility index (Phi) is 36.5. The second kappa shape index (κ2) is 38.5. The summed E-state index contributed by atoms with van der Waals surface area (Å²) >= 11 is 0. The molecule has 0 bridgehead atoms. The summed E-state index contributed by atoms with van der Waals surface area (Å²) in [6.45, 7) is 3.43. The molecule has 59 heavy (non-hydrogen) atoms. The zero-order chi connectivity index (χ0) is 43.4. The molecule has 1 saturated heterocycles. The second-order valence-electron chi connectivity index (χ2n) is 17.5. The van der Waals surface area contributed by atoms with E-state index in [1.807, 2.05) is 0 Å². The van der Waals surface area contributed by atoms with Gasteiger partial charge in [0, 0.05) is 0 Å². The van der Waals surface area contributed by atoms with Crippen LogP contribution in [0.25, 0.3) is 0 Å². The molecule has 11 heteroatoms. The zero-order valence-electron chi connectivity index (χ0n) is 37.7. The van der Waals surface area contributed by atoms with Crippen LogP contribution in [0, 0.1) is 0 Å². The molecule has 11 nitrogen and oxygen atoms in total. The van der Waals surface area contributed by atoms with Crippen LogP contribution in [0.15, 0.2) is 12.2 Å². The Morgan fingerprint density at radius 3 is 1.44 bits per heavy atom. The number of rotatable bonds is 41. The van der Waals surface area contributed by atoms with E-state index in [2.05, 4.69) is 31.3 Å². The predicted octanol–water partition coefficient (Wildman–Crippen LogP) is 8.45. The maximum Gasteiger partial charge on any atom is 0.249 e. The third kappa shape index (κ3) is 28.2. The van der Waals surface area contributed by atoms with Gasteiger partial charge in [-0.15, -0.1) is 0 Å². The minimum absolute atomic E-state index is 0.260. The molecule has 0 spiro atoms. The van der Waals surface area contributed by atoms with Crippen LogP contribution in [-0.4, -0.2) is 110 Å². The molecular formula is C48H93NO10. The van der Waals surface area contributed by atoms with Crippen molar-refractivity contribution in [2.24, 2.45) is 0 Å². The number of carbonyl (C=O) groups is 1. The Balaban J connectivity index is 2.39. The normalized spacial score (nSPS) is 21.8. The molecule has 0 aromatic rings. The highest BCUT2D eigenvalue weighted by Gasteiger charge is 2.44. The van der Waals surface area contributed by atoms with Gasteiger partial charge >= 0.3 is 0 Å². The molecule has 350 valence electrons. The Morgan fingerprint density at radius 1 is 0.576 bits per heavy atom. The molecule has 0 saturated carbocycles. The quantitative estimate of drug-likeness (QED) is 0.0219. The number of unbranched alkanes of at least 4 members (excludes halogenated alkanes) is 27. The van der Waals surface area contributed by atoms with Crippen molar-refractivity contribution in [3.8, 4) is 0 Å². The van der Waals surface area contributed by atoms with Gasteiger partial charge in [-0.3, -0.25) is 4.79 Å². The van der Waals surface area contributed by atoms with Crippen molar-refractivity contribution >= 4 is 5.91 Å². The molecule has 8 N–H and O–H groups in total. The number of amides is 1. The SMILES string of the molecule is CCCCCCCC/C=C\CCCC[C@@H](O)[C@@H](O)[C@H](CO[C@@H]1O[C@H](CO)[C@@H](O)[C@H](O)[C@H]1O)NC(=O)[C@H](O)CCCCCCCCCCCCCCCCCCCCCC. The molecule has 1 rings (SSSR count). The first-order valence-electron chi connectivity index (χ1n) is 24.6. The lowest BCUT2D eigenvalue weighted by Crippen LogP contribution is -2.60. The van der Waals surface area contributed by atoms with Crippen LogP contribution in [0.5, 0.6) is 0 Å². The standard InChI is InChI=1S/C48H93NO10/c1-3-5-7-9-11-13-15-17-18-19-20-21-22-23-24-26-28-30-32-34-36-41(52)47(57)49-39(38-58-48-46(56)45(55)44(54)42(37-50)59-48)43(53)40(51)35-33-31-29-27-25-16-14-12-10-8-6-4-2/h25,27,39-46,48,50-56H,3-24,26,28-38H2,1-2H3,(H,49,57)/b27-25-/t39-,40+,41+,42+,43-,44+,45-,46+,48+/m0/s1. The second-order valence-corrected chi connectivity index (χ2v) is 17.5. The zero-order valence-corrected chi connectivity index (χ0v) is 37.7. The number of carbonyl (C=O) groups excluding carboxylic acids is 1. The van der Waals surface area contributed by atoms with Gasteiger partial charge in [0.25, 0.3) is 0 Å². The Bertz CT molecular complexity index is 970. The van der Waals surface area contributed by atoms with E-state index in [1.54, 1.807) is 0 Å². The number of hydrogen-bond acceptors (Lipinski definition) is 10. The van der Waals surface area contributed by atoms with Crippen molar-refractivity contribution in [2.45, 2.75) is 274 Å². The van der Waals surface area contributed by atoms with Crippen LogP contribution in [-0.2, 0) is 14.3 Å². The molecule has 1 aliphatic rings. The molecule has 0 aromatic heterocycles. The summed E-state index contributed by atoms with van der Waals surface area (Å²) < 4.78 is 11.1. The molecule has 0 aliphatic carbocycles. The van der Waals surface area contributed by atoms with Crippen molar-refractivity contribution in [3.63, 3.8) is 0 Å². The minimum Gasteiger partial charge on any atom is -0.394 e. The smallest absolute Gasteiger partial charge is 0.249 e. The number of aliphatic hydroxyl groups is 7. The minimum atomic E-state index is -1.66. The summed E-state index contributed by atoms with van der Waals surface area (Å²) in [4.78, 5) is 13.1. The van der Waals surface area contributed by atoms with Gasteiger partial charge < -0.3 is 50.5 Å². The van der Waals surface area contributed by atoms with Crippen LogP contribution in [0.4, 0.5) is 0 Å². The Hall–Kier alpha value is -1.15. The van der Waals surface area contributed by atoms with Gasteiger partial charge in [0.2, 0.25) is 5.91 Å². The molecule has 1 amide bonds. The van der Waals surface area contributed by atoms with Crippen LogP contribution < -0.4 is 5.32 Å². The van der Waals surface area contributed by atoms with E-state index in [-0.39, 0.29) is 12.8 Å². The highest BCUT2D eigenvalue weighted by Crippen LogP contribution is 2.23. The molecule has 0 radical (unpaired) electrons. The van der Waals surface area contributed by atoms with Crippen molar-refractivity contribution < 1.29 is 50.0 Å². The van der Waals surface area contributed by atoms with Crippen LogP contribution in [0.1, 0.15) is 219 Å². The number of ether oxygens (including phenoxy) is 2. The summed E-state index contributed by atoms with van der Waals surface area (Å²) in [5.41, 5.74) is 0. The van der Waals surface area contributed by atoms with Crippen molar-refractivity contribution in [2.75, 3.05) is 13.2 Å². The first-order valence-corrected chi connectivity index (χ1v) is 24.6. The number of hydrogen-bond donors (Lipinski definition) is 8. The number of nitrogens with one attached hydrogen (secondary N) is 1. The van der Waals surface area contributed by atoms with E-state index in [1.165, 1.54) is 141 Å². The molecule has 0 unspecified atom stereocenters. The summed E-state index contributed by atoms with van der Waals surface area (Å²) in [6, 6.07) is -1.17. The molecule has 1 fully saturated rings. The predicted molar refractivity (Wildman–Crippen MR) is 238 cm³/mol. The van der Waals surface area contributed by atoms with Gasteiger partial charge in [0.1, 0.15) is 36.6 Å². The lowest BCUT2D eigenvalue weighted by atomic mass is 9.98. The van der Waals surface area contributed by atoms with Crippen molar-refractivity contribution in [3.05, 3.63) is 12.2 Å². The summed E-state index contributed by atoms with van der Waals surface area (Å²) in [5.74, 6) is -0.702. The van der Waals surface area contributed by atoms with Crippen molar-refractivity contribution in [1.29, 1.82) is 0 Å². The molecule has 0 aromatic carbocycles. The fraction of sp³-hybridized carbons (Fsp3) is 0.938. The average molecular weight is 844 g/mol. The summed E-state index contributed by atoms with van der Waals surface area (Å²) in [6.07, 6.45) is 29.8. The van der Waals surface area contributed by atoms with Gasteiger partial charge in [-0.2, -0.15) is 0 Å². The third-order valence-electron chi connectivity index (χ3n) is 12.1. The van der Waals surface area contributed by atoms with Gasteiger partial charge in [-0.25, -0.2) is 0 Å². The number of allylic oxidation sites excluding steroid dienone is 2. The topological polar surface area (TPSA) is 189 Å². The monoisotopic (exact) mass is 844 g/mol. The van der Waals surface area contributed by atoms with E-state index in [9.17, 15) is 40.5 Å². The molecule has 9 atom stereocenters. The summed E-state index contributed by atoms with van der Waals surface area (Å²) in [7, 11) is 0. The van der Waals surface area contributed by atoms with E-state index < -0.39 is 74.2 Å². The fourth-order valence-corrected chi connectivity index (χ4v) is 7.96. The van der Waals surface area contributed by atoms with E-state index in [0.29, 0.717) is 12.8 Å². The first kappa shape index (κ1) is 55.9. The maximum atomic E-state index is 13.1. The number of aliphatic hydroxyl groups excluding tert-OH is 7. The van der Waals surface area contributed by atoms with Crippen molar-refractivity contribution in [1.82, 2.24) is 5.32 Å². The van der Waals surface area contributed by atoms with Gasteiger partial charge in [0.15, 0.2) is 6.29 Å². The van der Waals surface area contributed by atoms with E-state index >= 15 is 0 Å². The van der Waals surface area contributed by atoms with Gasteiger partial charge in [-0.1, -0.05) is 193 Å². The van der Waals surface area contributed by atoms with Gasteiger partial charge in [0.05, 0.1) is 25.4 Å². The molecular weight excluding hydrogens is 751 g/mol. The molecule has 1 aliphatic heterocycles. The van der Waals surface area contributed by atoms with Gasteiger partial charge in [-0.05, 0) is 38.5 Å². The van der Waals surface area contributed by atoms with Crippen LogP contribution in [0.3, 0.4) is 0 Å². The van der Waals surface area contributed by atoms with E-state index in [0.717, 1.165) is 38.5 Å². The highest BCUT2D eigenvalue weighted by molar-refractivity contribution is 5.80. The van der Waals surface area contributed by atoms with Crippen LogP contribution in [0.2, 0.25) is 0 Å². The first-order chi connectivity index (χ1) is 28.7. The van der Waals surface area contributed by atoms with Crippen LogP contribution >= 0.6 is 0 Å². The maximum absolute atomic E-state index is 13.1. The largest absolute Gasteiger partial charge is 0.394 e. The lowest BCUT2D eigenvalue weighted by Gasteiger charge is -2.40.